The molecule has 1 N–H and O–H groups in total. The first kappa shape index (κ1) is 10.1. The highest BCUT2D eigenvalue weighted by atomic mass is 35.5. The Hall–Kier alpha value is -1.46. The predicted molar refractivity (Wildman–Crippen MR) is 63.0 cm³/mol. The summed E-state index contributed by atoms with van der Waals surface area (Å²) in [5, 5.41) is 8.29. The number of rotatable bonds is 1. The minimum atomic E-state index is 0.580. The van der Waals surface area contributed by atoms with Crippen LogP contribution < -0.4 is 0 Å². The first-order valence-corrected chi connectivity index (χ1v) is 5.34. The van der Waals surface area contributed by atoms with Crippen LogP contribution in [0.4, 0.5) is 0 Å². The highest BCUT2D eigenvalue weighted by Gasteiger charge is 2.00. The first-order valence-electron chi connectivity index (χ1n) is 4.81. The molecule has 0 amide bonds. The van der Waals surface area contributed by atoms with Gasteiger partial charge in [-0.05, 0) is 25.1 Å². The molecule has 1 aromatic carbocycles. The first-order chi connectivity index (χ1) is 7.31. The van der Waals surface area contributed by atoms with Gasteiger partial charge in [-0.15, -0.1) is 11.6 Å². The average Bonchev–Trinajstić information content (AvgIpc) is 2.61. The lowest BCUT2D eigenvalue weighted by atomic mass is 10.1. The van der Waals surface area contributed by atoms with Gasteiger partial charge in [-0.25, -0.2) is 0 Å². The van der Waals surface area contributed by atoms with E-state index in [-0.39, 0.29) is 0 Å². The zero-order valence-electron chi connectivity index (χ0n) is 8.47. The van der Waals surface area contributed by atoms with E-state index in [0.717, 1.165) is 28.6 Å². The van der Waals surface area contributed by atoms with E-state index in [9.17, 15) is 0 Å². The molecule has 0 saturated heterocycles. The number of aromatic nitrogens is 2. The molecule has 2 rings (SSSR count). The maximum atomic E-state index is 5.55. The largest absolute Gasteiger partial charge is 0.282 e. The van der Waals surface area contributed by atoms with Gasteiger partial charge in [0.1, 0.15) is 0 Å². The fourth-order valence-corrected chi connectivity index (χ4v) is 1.53. The minimum absolute atomic E-state index is 0.580. The molecule has 0 unspecified atom stereocenters. The summed E-state index contributed by atoms with van der Waals surface area (Å²) in [6.07, 6.45) is 0.721. The molecular weight excluding hydrogens is 208 g/mol. The van der Waals surface area contributed by atoms with Gasteiger partial charge in [0.2, 0.25) is 0 Å². The lowest BCUT2D eigenvalue weighted by Crippen LogP contribution is -1.76. The van der Waals surface area contributed by atoms with Gasteiger partial charge >= 0.3 is 0 Å². The number of alkyl halides is 1. The van der Waals surface area contributed by atoms with Crippen molar-refractivity contribution in [1.29, 1.82) is 0 Å². The van der Waals surface area contributed by atoms with Crippen molar-refractivity contribution in [3.05, 3.63) is 29.5 Å². The lowest BCUT2D eigenvalue weighted by molar-refractivity contribution is 1.07. The third-order valence-electron chi connectivity index (χ3n) is 2.20. The van der Waals surface area contributed by atoms with Crippen molar-refractivity contribution in [2.75, 3.05) is 5.88 Å². The summed E-state index contributed by atoms with van der Waals surface area (Å²) in [4.78, 5) is 0. The summed E-state index contributed by atoms with van der Waals surface area (Å²) >= 11 is 5.55. The monoisotopic (exact) mass is 218 g/mol. The van der Waals surface area contributed by atoms with Gasteiger partial charge < -0.3 is 0 Å². The molecule has 0 radical (unpaired) electrons. The molecule has 1 heterocycles. The van der Waals surface area contributed by atoms with Crippen LogP contribution in [0.15, 0.2) is 18.2 Å². The van der Waals surface area contributed by atoms with Gasteiger partial charge in [0.15, 0.2) is 0 Å². The molecule has 3 heteroatoms. The smallest absolute Gasteiger partial charge is 0.0936 e. The molecule has 0 atom stereocenters. The Balaban J connectivity index is 2.36. The zero-order valence-corrected chi connectivity index (χ0v) is 9.23. The molecule has 0 aliphatic rings. The van der Waals surface area contributed by atoms with E-state index in [4.69, 9.17) is 11.6 Å². The number of hydrogen-bond donors (Lipinski definition) is 1. The average molecular weight is 219 g/mol. The molecule has 0 aliphatic heterocycles. The summed E-state index contributed by atoms with van der Waals surface area (Å²) in [5.74, 6) is 6.64. The molecule has 0 bridgehead atoms. The van der Waals surface area contributed by atoms with E-state index in [1.165, 1.54) is 0 Å². The molecule has 15 heavy (non-hydrogen) atoms. The lowest BCUT2D eigenvalue weighted by Gasteiger charge is -1.91. The highest BCUT2D eigenvalue weighted by Crippen LogP contribution is 2.15. The van der Waals surface area contributed by atoms with Crippen molar-refractivity contribution in [3.63, 3.8) is 0 Å². The standard InChI is InChI=1S/C12H11ClN2/c1-9-11-6-5-10(4-2-3-7-13)8-12(11)15-14-9/h5-6,8H,3,7H2,1H3,(H,14,15). The van der Waals surface area contributed by atoms with Crippen LogP contribution in [0.1, 0.15) is 17.7 Å². The van der Waals surface area contributed by atoms with E-state index >= 15 is 0 Å². The molecule has 0 saturated carbocycles. The van der Waals surface area contributed by atoms with Gasteiger partial charge in [-0.2, -0.15) is 5.10 Å². The predicted octanol–water partition coefficient (Wildman–Crippen LogP) is 2.85. The number of halogens is 1. The van der Waals surface area contributed by atoms with Crippen LogP contribution in [0.25, 0.3) is 10.9 Å². The number of nitrogens with one attached hydrogen (secondary N) is 1. The second-order valence-electron chi connectivity index (χ2n) is 3.32. The number of nitrogens with zero attached hydrogens (tertiary/aromatic N) is 1. The molecule has 0 aliphatic carbocycles. The second kappa shape index (κ2) is 4.37. The van der Waals surface area contributed by atoms with Crippen molar-refractivity contribution in [3.8, 4) is 11.8 Å². The SMILES string of the molecule is Cc1[nH]nc2cc(C#CCCCl)ccc12. The Morgan fingerprint density at radius 2 is 2.33 bits per heavy atom. The Morgan fingerprint density at radius 1 is 1.47 bits per heavy atom. The maximum absolute atomic E-state index is 5.55. The minimum Gasteiger partial charge on any atom is -0.282 e. The third-order valence-corrected chi connectivity index (χ3v) is 2.39. The van der Waals surface area contributed by atoms with E-state index < -0.39 is 0 Å². The molecular formula is C12H11ClN2. The van der Waals surface area contributed by atoms with E-state index in [1.54, 1.807) is 0 Å². The van der Waals surface area contributed by atoms with Crippen molar-refractivity contribution in [2.45, 2.75) is 13.3 Å². The fourth-order valence-electron chi connectivity index (χ4n) is 1.44. The summed E-state index contributed by atoms with van der Waals surface area (Å²) < 4.78 is 0. The molecule has 0 fully saturated rings. The van der Waals surface area contributed by atoms with Crippen LogP contribution in [0, 0.1) is 18.8 Å². The normalized spacial score (nSPS) is 10.0. The topological polar surface area (TPSA) is 28.7 Å². The quantitative estimate of drug-likeness (QED) is 0.579. The van der Waals surface area contributed by atoms with Crippen LogP contribution in [0.5, 0.6) is 0 Å². The van der Waals surface area contributed by atoms with Gasteiger partial charge in [0, 0.05) is 28.9 Å². The van der Waals surface area contributed by atoms with Crippen LogP contribution in [0.3, 0.4) is 0 Å². The second-order valence-corrected chi connectivity index (χ2v) is 3.70. The fraction of sp³-hybridized carbons (Fsp3) is 0.250. The van der Waals surface area contributed by atoms with Crippen molar-refractivity contribution in [2.24, 2.45) is 0 Å². The van der Waals surface area contributed by atoms with E-state index in [0.29, 0.717) is 5.88 Å². The Bertz CT molecular complexity index is 531. The molecule has 0 spiro atoms. The van der Waals surface area contributed by atoms with E-state index in [1.807, 2.05) is 25.1 Å². The summed E-state index contributed by atoms with van der Waals surface area (Å²) in [6.45, 7) is 2.01. The van der Waals surface area contributed by atoms with Crippen LogP contribution >= 0.6 is 11.6 Å². The molecule has 1 aromatic heterocycles. The summed E-state index contributed by atoms with van der Waals surface area (Å²) in [6, 6.07) is 6.03. The summed E-state index contributed by atoms with van der Waals surface area (Å²) in [5.41, 5.74) is 3.04. The van der Waals surface area contributed by atoms with Gasteiger partial charge in [-0.1, -0.05) is 11.8 Å². The van der Waals surface area contributed by atoms with Gasteiger partial charge in [0.25, 0.3) is 0 Å². The van der Waals surface area contributed by atoms with Gasteiger partial charge in [0.05, 0.1) is 5.52 Å². The number of H-pyrrole nitrogens is 1. The molecule has 2 aromatic rings. The van der Waals surface area contributed by atoms with Crippen LogP contribution in [0.2, 0.25) is 0 Å². The maximum Gasteiger partial charge on any atom is 0.0936 e. The van der Waals surface area contributed by atoms with Crippen LogP contribution in [-0.2, 0) is 0 Å². The highest BCUT2D eigenvalue weighted by molar-refractivity contribution is 6.18. The van der Waals surface area contributed by atoms with E-state index in [2.05, 4.69) is 22.0 Å². The number of fused-ring (bicyclic) bond motifs is 1. The zero-order chi connectivity index (χ0) is 10.7. The molecule has 2 nitrogen and oxygen atoms in total. The number of hydrogen-bond acceptors (Lipinski definition) is 1. The Labute approximate surface area is 93.6 Å². The molecule has 76 valence electrons. The summed E-state index contributed by atoms with van der Waals surface area (Å²) in [7, 11) is 0. The van der Waals surface area contributed by atoms with Crippen LogP contribution in [-0.4, -0.2) is 16.1 Å². The van der Waals surface area contributed by atoms with Crippen molar-refractivity contribution >= 4 is 22.5 Å². The van der Waals surface area contributed by atoms with Crippen molar-refractivity contribution in [1.82, 2.24) is 10.2 Å². The Kier molecular flexibility index (Phi) is 2.94. The Morgan fingerprint density at radius 3 is 3.13 bits per heavy atom. The van der Waals surface area contributed by atoms with Gasteiger partial charge in [-0.3, -0.25) is 5.10 Å². The number of benzene rings is 1. The number of aromatic amines is 1. The van der Waals surface area contributed by atoms with Crippen molar-refractivity contribution < 1.29 is 0 Å². The third kappa shape index (κ3) is 2.14. The number of aryl methyl sites for hydroxylation is 1.